The van der Waals surface area contributed by atoms with E-state index in [1.807, 2.05) is 20.8 Å². The van der Waals surface area contributed by atoms with Crippen LogP contribution < -0.4 is 16.0 Å². The number of aliphatic hydroxyl groups excluding tert-OH is 1. The monoisotopic (exact) mass is 373 g/mol. The SMILES string of the molecule is C=C(O)C(CCC(=O)O)NC(=O)NC(CCCCNC(C)(C)C)C(=O)O. The van der Waals surface area contributed by atoms with Gasteiger partial charge >= 0.3 is 18.0 Å². The van der Waals surface area contributed by atoms with Gasteiger partial charge < -0.3 is 31.3 Å². The first kappa shape index (κ1) is 23.7. The van der Waals surface area contributed by atoms with Crippen LogP contribution in [0.2, 0.25) is 0 Å². The number of aliphatic hydroxyl groups is 1. The fourth-order valence-electron chi connectivity index (χ4n) is 2.14. The molecule has 0 bridgehead atoms. The molecule has 26 heavy (non-hydrogen) atoms. The molecule has 0 aliphatic carbocycles. The van der Waals surface area contributed by atoms with Gasteiger partial charge in [0, 0.05) is 12.0 Å². The highest BCUT2D eigenvalue weighted by Crippen LogP contribution is 2.06. The highest BCUT2D eigenvalue weighted by Gasteiger charge is 2.22. The maximum Gasteiger partial charge on any atom is 0.326 e. The van der Waals surface area contributed by atoms with Crippen molar-refractivity contribution in [2.75, 3.05) is 6.54 Å². The first-order chi connectivity index (χ1) is 11.9. The van der Waals surface area contributed by atoms with Gasteiger partial charge in [-0.3, -0.25) is 4.79 Å². The molecule has 0 rings (SSSR count). The summed E-state index contributed by atoms with van der Waals surface area (Å²) in [4.78, 5) is 33.8. The normalized spacial score (nSPS) is 13.5. The molecule has 9 nitrogen and oxygen atoms in total. The molecule has 0 fully saturated rings. The van der Waals surface area contributed by atoms with Crippen LogP contribution in [0.3, 0.4) is 0 Å². The summed E-state index contributed by atoms with van der Waals surface area (Å²) >= 11 is 0. The molecule has 0 aromatic rings. The van der Waals surface area contributed by atoms with Crippen molar-refractivity contribution in [2.24, 2.45) is 0 Å². The molecule has 2 unspecified atom stereocenters. The Labute approximate surface area is 153 Å². The number of carbonyl (C=O) groups excluding carboxylic acids is 1. The zero-order valence-corrected chi connectivity index (χ0v) is 15.7. The summed E-state index contributed by atoms with van der Waals surface area (Å²) in [7, 11) is 0. The van der Waals surface area contributed by atoms with Gasteiger partial charge in [0.2, 0.25) is 0 Å². The molecule has 2 atom stereocenters. The van der Waals surface area contributed by atoms with Crippen molar-refractivity contribution < 1.29 is 29.7 Å². The number of rotatable bonds is 12. The molecule has 150 valence electrons. The largest absolute Gasteiger partial charge is 0.511 e. The van der Waals surface area contributed by atoms with Crippen molar-refractivity contribution in [3.05, 3.63) is 12.3 Å². The molecular formula is C17H31N3O6. The molecule has 0 heterocycles. The molecule has 6 N–H and O–H groups in total. The van der Waals surface area contributed by atoms with Crippen LogP contribution in [0.1, 0.15) is 52.9 Å². The number of unbranched alkanes of at least 4 members (excludes halogenated alkanes) is 1. The van der Waals surface area contributed by atoms with E-state index in [-0.39, 0.29) is 30.6 Å². The van der Waals surface area contributed by atoms with Crippen molar-refractivity contribution in [3.8, 4) is 0 Å². The van der Waals surface area contributed by atoms with Gasteiger partial charge in [0.15, 0.2) is 0 Å². The van der Waals surface area contributed by atoms with Crippen molar-refractivity contribution in [3.63, 3.8) is 0 Å². The molecule has 0 aliphatic rings. The number of urea groups is 1. The molecule has 0 aliphatic heterocycles. The minimum Gasteiger partial charge on any atom is -0.511 e. The number of aliphatic carboxylic acids is 2. The summed E-state index contributed by atoms with van der Waals surface area (Å²) < 4.78 is 0. The summed E-state index contributed by atoms with van der Waals surface area (Å²) in [5.74, 6) is -2.62. The highest BCUT2D eigenvalue weighted by molar-refractivity contribution is 5.82. The van der Waals surface area contributed by atoms with Gasteiger partial charge in [0.25, 0.3) is 0 Å². The fourth-order valence-corrected chi connectivity index (χ4v) is 2.14. The Morgan fingerprint density at radius 1 is 0.962 bits per heavy atom. The standard InChI is InChI=1S/C17H31N3O6/c1-11(21)12(8-9-14(22)23)19-16(26)20-13(15(24)25)7-5-6-10-18-17(2,3)4/h12-13,18,21H,1,5-10H2,2-4H3,(H,22,23)(H,24,25)(H2,19,20,26). The van der Waals surface area contributed by atoms with E-state index in [0.29, 0.717) is 6.42 Å². The van der Waals surface area contributed by atoms with E-state index in [1.165, 1.54) is 0 Å². The molecule has 0 saturated heterocycles. The van der Waals surface area contributed by atoms with Crippen molar-refractivity contribution >= 4 is 18.0 Å². The van der Waals surface area contributed by atoms with Gasteiger partial charge in [-0.05, 0) is 53.0 Å². The van der Waals surface area contributed by atoms with E-state index in [0.717, 1.165) is 13.0 Å². The molecule has 0 radical (unpaired) electrons. The summed E-state index contributed by atoms with van der Waals surface area (Å²) in [6, 6.07) is -2.83. The third kappa shape index (κ3) is 12.1. The van der Waals surface area contributed by atoms with E-state index in [4.69, 9.17) is 5.11 Å². The average molecular weight is 373 g/mol. The van der Waals surface area contributed by atoms with E-state index >= 15 is 0 Å². The third-order valence-electron chi connectivity index (χ3n) is 3.53. The Hall–Kier alpha value is -2.29. The first-order valence-corrected chi connectivity index (χ1v) is 8.57. The average Bonchev–Trinajstić information content (AvgIpc) is 2.48. The van der Waals surface area contributed by atoms with Gasteiger partial charge in [-0.25, -0.2) is 9.59 Å². The molecule has 0 aromatic heterocycles. The van der Waals surface area contributed by atoms with E-state index in [1.54, 1.807) is 0 Å². The molecule has 0 spiro atoms. The van der Waals surface area contributed by atoms with Gasteiger partial charge in [-0.1, -0.05) is 6.58 Å². The van der Waals surface area contributed by atoms with Crippen LogP contribution in [-0.4, -0.2) is 57.5 Å². The predicted molar refractivity (Wildman–Crippen MR) is 97.1 cm³/mol. The summed E-state index contributed by atoms with van der Waals surface area (Å²) in [5, 5.41) is 35.3. The van der Waals surface area contributed by atoms with Gasteiger partial charge in [-0.2, -0.15) is 0 Å². The maximum atomic E-state index is 11.9. The lowest BCUT2D eigenvalue weighted by Gasteiger charge is -2.21. The van der Waals surface area contributed by atoms with Gasteiger partial charge in [-0.15, -0.1) is 0 Å². The third-order valence-corrected chi connectivity index (χ3v) is 3.53. The number of carbonyl (C=O) groups is 3. The number of hydrogen-bond acceptors (Lipinski definition) is 5. The zero-order valence-electron chi connectivity index (χ0n) is 15.7. The maximum absolute atomic E-state index is 11.9. The van der Waals surface area contributed by atoms with Crippen LogP contribution in [0, 0.1) is 0 Å². The summed E-state index contributed by atoms with van der Waals surface area (Å²) in [5.41, 5.74) is -0.0119. The molecule has 0 saturated carbocycles. The lowest BCUT2D eigenvalue weighted by molar-refractivity contribution is -0.139. The number of amides is 2. The van der Waals surface area contributed by atoms with Crippen LogP contribution >= 0.6 is 0 Å². The molecule has 9 heteroatoms. The van der Waals surface area contributed by atoms with Crippen LogP contribution in [0.15, 0.2) is 12.3 Å². The van der Waals surface area contributed by atoms with E-state index in [2.05, 4.69) is 22.5 Å². The van der Waals surface area contributed by atoms with Crippen molar-refractivity contribution in [1.29, 1.82) is 0 Å². The topological polar surface area (TPSA) is 148 Å². The summed E-state index contributed by atoms with van der Waals surface area (Å²) in [6.07, 6.45) is 1.31. The lowest BCUT2D eigenvalue weighted by Crippen LogP contribution is -2.49. The van der Waals surface area contributed by atoms with Crippen molar-refractivity contribution in [1.82, 2.24) is 16.0 Å². The quantitative estimate of drug-likeness (QED) is 0.225. The highest BCUT2D eigenvalue weighted by atomic mass is 16.4. The smallest absolute Gasteiger partial charge is 0.326 e. The number of carboxylic acid groups (broad SMARTS) is 2. The van der Waals surface area contributed by atoms with Crippen LogP contribution in [0.5, 0.6) is 0 Å². The predicted octanol–water partition coefficient (Wildman–Crippen LogP) is 1.60. The Morgan fingerprint density at radius 2 is 1.54 bits per heavy atom. The van der Waals surface area contributed by atoms with Gasteiger partial charge in [0.1, 0.15) is 11.8 Å². The lowest BCUT2D eigenvalue weighted by atomic mass is 10.1. The first-order valence-electron chi connectivity index (χ1n) is 8.57. The molecule has 0 aromatic carbocycles. The van der Waals surface area contributed by atoms with Crippen LogP contribution in [0.25, 0.3) is 0 Å². The Bertz CT molecular complexity index is 501. The summed E-state index contributed by atoms with van der Waals surface area (Å²) in [6.45, 7) is 10.1. The van der Waals surface area contributed by atoms with E-state index < -0.39 is 30.1 Å². The second kappa shape index (κ2) is 11.3. The number of hydrogen-bond donors (Lipinski definition) is 6. The second-order valence-electron chi connectivity index (χ2n) is 7.16. The Morgan fingerprint density at radius 3 is 2.00 bits per heavy atom. The molecular weight excluding hydrogens is 342 g/mol. The number of carboxylic acids is 2. The van der Waals surface area contributed by atoms with Crippen molar-refractivity contribution in [2.45, 2.75) is 70.5 Å². The minimum atomic E-state index is -1.16. The Kier molecular flexibility index (Phi) is 10.3. The van der Waals surface area contributed by atoms with Crippen LogP contribution in [-0.2, 0) is 9.59 Å². The van der Waals surface area contributed by atoms with E-state index in [9.17, 15) is 24.6 Å². The van der Waals surface area contributed by atoms with Gasteiger partial charge in [0.05, 0.1) is 6.04 Å². The van der Waals surface area contributed by atoms with Crippen LogP contribution in [0.4, 0.5) is 4.79 Å². The fraction of sp³-hybridized carbons (Fsp3) is 0.706. The zero-order chi connectivity index (χ0) is 20.3. The Balaban J connectivity index is 4.41. The second-order valence-corrected chi connectivity index (χ2v) is 7.16. The number of nitrogens with one attached hydrogen (secondary N) is 3. The molecule has 2 amide bonds. The minimum absolute atomic E-state index is 0.0119.